The molecule has 0 aliphatic rings. The lowest BCUT2D eigenvalue weighted by atomic mass is 10.1. The number of nitrogens with zero attached hydrogens (tertiary/aromatic N) is 1. The number of halogens is 2. The summed E-state index contributed by atoms with van der Waals surface area (Å²) in [7, 11) is 1.50. The quantitative estimate of drug-likeness (QED) is 0.857. The normalized spacial score (nSPS) is 10.3. The zero-order valence-corrected chi connectivity index (χ0v) is 14.8. The van der Waals surface area contributed by atoms with E-state index < -0.39 is 23.2 Å². The van der Waals surface area contributed by atoms with Crippen LogP contribution in [0.25, 0.3) is 0 Å². The van der Waals surface area contributed by atoms with Crippen LogP contribution in [0.2, 0.25) is 0 Å². The third kappa shape index (κ3) is 4.36. The smallest absolute Gasteiger partial charge is 0.254 e. The van der Waals surface area contributed by atoms with Crippen LogP contribution in [0.3, 0.4) is 0 Å². The molecule has 0 saturated heterocycles. The van der Waals surface area contributed by atoms with Crippen molar-refractivity contribution in [1.29, 1.82) is 0 Å². The number of amides is 2. The number of carbonyl (C=O) groups excluding carboxylic acids is 2. The minimum atomic E-state index is -0.879. The maximum Gasteiger partial charge on any atom is 0.254 e. The molecule has 138 valence electrons. The SMILES string of the molecule is CCN(CC(=O)Nc1c(F)cccc1F)C(=O)c1ccc(C)c(OC)c1. The van der Waals surface area contributed by atoms with E-state index in [1.165, 1.54) is 18.1 Å². The van der Waals surface area contributed by atoms with Gasteiger partial charge >= 0.3 is 0 Å². The zero-order valence-electron chi connectivity index (χ0n) is 14.8. The maximum atomic E-state index is 13.6. The second kappa shape index (κ2) is 8.42. The van der Waals surface area contributed by atoms with Gasteiger partial charge in [-0.3, -0.25) is 9.59 Å². The Bertz CT molecular complexity index is 804. The van der Waals surface area contributed by atoms with Crippen molar-refractivity contribution in [2.24, 2.45) is 0 Å². The predicted octanol–water partition coefficient (Wildman–Crippen LogP) is 3.38. The molecule has 0 atom stereocenters. The van der Waals surface area contributed by atoms with Crippen LogP contribution in [0.4, 0.5) is 14.5 Å². The Morgan fingerprint density at radius 3 is 2.38 bits per heavy atom. The molecule has 0 saturated carbocycles. The van der Waals surface area contributed by atoms with Crippen molar-refractivity contribution >= 4 is 17.5 Å². The molecule has 2 rings (SSSR count). The van der Waals surface area contributed by atoms with E-state index in [1.807, 2.05) is 6.92 Å². The van der Waals surface area contributed by atoms with E-state index in [1.54, 1.807) is 25.1 Å². The van der Waals surface area contributed by atoms with Crippen LogP contribution in [-0.4, -0.2) is 36.9 Å². The van der Waals surface area contributed by atoms with Crippen molar-refractivity contribution in [3.8, 4) is 5.75 Å². The van der Waals surface area contributed by atoms with Gasteiger partial charge in [-0.1, -0.05) is 12.1 Å². The Balaban J connectivity index is 2.13. The Labute approximate surface area is 150 Å². The van der Waals surface area contributed by atoms with Gasteiger partial charge < -0.3 is 15.0 Å². The van der Waals surface area contributed by atoms with Gasteiger partial charge in [-0.15, -0.1) is 0 Å². The monoisotopic (exact) mass is 362 g/mol. The highest BCUT2D eigenvalue weighted by Crippen LogP contribution is 2.21. The summed E-state index contributed by atoms with van der Waals surface area (Å²) in [4.78, 5) is 26.0. The van der Waals surface area contributed by atoms with Crippen LogP contribution < -0.4 is 10.1 Å². The van der Waals surface area contributed by atoms with Crippen LogP contribution in [0, 0.1) is 18.6 Å². The van der Waals surface area contributed by atoms with Crippen LogP contribution in [-0.2, 0) is 4.79 Å². The minimum absolute atomic E-state index is 0.252. The van der Waals surface area contributed by atoms with Gasteiger partial charge in [0, 0.05) is 12.1 Å². The van der Waals surface area contributed by atoms with Gasteiger partial charge in [0.25, 0.3) is 5.91 Å². The van der Waals surface area contributed by atoms with Crippen molar-refractivity contribution in [3.63, 3.8) is 0 Å². The first-order valence-electron chi connectivity index (χ1n) is 8.05. The van der Waals surface area contributed by atoms with Crippen molar-refractivity contribution in [1.82, 2.24) is 4.90 Å². The molecule has 2 aromatic carbocycles. The van der Waals surface area contributed by atoms with Gasteiger partial charge in [0.1, 0.15) is 29.6 Å². The Morgan fingerprint density at radius 1 is 1.15 bits per heavy atom. The second-order valence-electron chi connectivity index (χ2n) is 5.65. The minimum Gasteiger partial charge on any atom is -0.496 e. The number of benzene rings is 2. The number of carbonyl (C=O) groups is 2. The topological polar surface area (TPSA) is 58.6 Å². The molecule has 7 heteroatoms. The summed E-state index contributed by atoms with van der Waals surface area (Å²) in [6.45, 7) is 3.48. The fourth-order valence-corrected chi connectivity index (χ4v) is 2.43. The molecule has 2 amide bonds. The number of para-hydroxylation sites is 1. The molecule has 0 spiro atoms. The third-order valence-corrected chi connectivity index (χ3v) is 3.89. The van der Waals surface area contributed by atoms with E-state index in [-0.39, 0.29) is 19.0 Å². The maximum absolute atomic E-state index is 13.6. The van der Waals surface area contributed by atoms with Gasteiger partial charge in [0.15, 0.2) is 0 Å². The highest BCUT2D eigenvalue weighted by atomic mass is 19.1. The molecule has 0 fully saturated rings. The number of ether oxygens (including phenoxy) is 1. The first-order valence-corrected chi connectivity index (χ1v) is 8.05. The molecule has 0 aromatic heterocycles. The summed E-state index contributed by atoms with van der Waals surface area (Å²) in [6, 6.07) is 8.26. The Hall–Kier alpha value is -2.96. The number of likely N-dealkylation sites (N-methyl/N-ethyl adjacent to an activating group) is 1. The van der Waals surface area contributed by atoms with Crippen LogP contribution in [0.5, 0.6) is 5.75 Å². The van der Waals surface area contributed by atoms with E-state index in [9.17, 15) is 18.4 Å². The van der Waals surface area contributed by atoms with Gasteiger partial charge in [-0.25, -0.2) is 8.78 Å². The average Bonchev–Trinajstić information content (AvgIpc) is 2.62. The molecular weight excluding hydrogens is 342 g/mol. The number of aryl methyl sites for hydroxylation is 1. The zero-order chi connectivity index (χ0) is 19.3. The fraction of sp³-hybridized carbons (Fsp3) is 0.263. The summed E-state index contributed by atoms with van der Waals surface area (Å²) in [5.41, 5.74) is 0.706. The molecule has 0 heterocycles. The molecule has 0 unspecified atom stereocenters. The number of anilines is 1. The molecule has 0 aliphatic carbocycles. The number of nitrogens with one attached hydrogen (secondary N) is 1. The van der Waals surface area contributed by atoms with Crippen LogP contribution in [0.1, 0.15) is 22.8 Å². The van der Waals surface area contributed by atoms with Crippen LogP contribution in [0.15, 0.2) is 36.4 Å². The van der Waals surface area contributed by atoms with Gasteiger partial charge in [-0.2, -0.15) is 0 Å². The number of methoxy groups -OCH3 is 1. The molecule has 1 N–H and O–H groups in total. The number of hydrogen-bond acceptors (Lipinski definition) is 3. The highest BCUT2D eigenvalue weighted by molar-refractivity contribution is 5.99. The van der Waals surface area contributed by atoms with Gasteiger partial charge in [0.05, 0.1) is 7.11 Å². The molecular formula is C19H20F2N2O3. The molecule has 26 heavy (non-hydrogen) atoms. The number of rotatable bonds is 6. The molecule has 0 radical (unpaired) electrons. The first kappa shape index (κ1) is 19.4. The molecule has 0 aliphatic heterocycles. The fourth-order valence-electron chi connectivity index (χ4n) is 2.43. The Morgan fingerprint density at radius 2 is 1.81 bits per heavy atom. The Kier molecular flexibility index (Phi) is 6.27. The highest BCUT2D eigenvalue weighted by Gasteiger charge is 2.20. The van der Waals surface area contributed by atoms with E-state index in [2.05, 4.69) is 5.32 Å². The first-order chi connectivity index (χ1) is 12.4. The van der Waals surface area contributed by atoms with Crippen LogP contribution >= 0.6 is 0 Å². The lowest BCUT2D eigenvalue weighted by molar-refractivity contribution is -0.116. The average molecular weight is 362 g/mol. The number of hydrogen-bond donors (Lipinski definition) is 1. The van der Waals surface area contributed by atoms with Gasteiger partial charge in [-0.05, 0) is 43.7 Å². The predicted molar refractivity (Wildman–Crippen MR) is 94.3 cm³/mol. The largest absolute Gasteiger partial charge is 0.496 e. The lowest BCUT2D eigenvalue weighted by Crippen LogP contribution is -2.38. The summed E-state index contributed by atoms with van der Waals surface area (Å²) in [5, 5.41) is 2.17. The van der Waals surface area contributed by atoms with Crippen molar-refractivity contribution in [2.45, 2.75) is 13.8 Å². The summed E-state index contributed by atoms with van der Waals surface area (Å²) in [6.07, 6.45) is 0. The van der Waals surface area contributed by atoms with Gasteiger partial charge in [0.2, 0.25) is 5.91 Å². The van der Waals surface area contributed by atoms with Crippen molar-refractivity contribution in [2.75, 3.05) is 25.5 Å². The second-order valence-corrected chi connectivity index (χ2v) is 5.65. The standard InChI is InChI=1S/C19H20F2N2O3/c1-4-23(19(25)13-9-8-12(2)16(10-13)26-3)11-17(24)22-18-14(20)6-5-7-15(18)21/h5-10H,4,11H2,1-3H3,(H,22,24). The van der Waals surface area contributed by atoms with Crippen molar-refractivity contribution in [3.05, 3.63) is 59.2 Å². The summed E-state index contributed by atoms with van der Waals surface area (Å²) in [5.74, 6) is -2.27. The third-order valence-electron chi connectivity index (χ3n) is 3.89. The molecule has 5 nitrogen and oxygen atoms in total. The van der Waals surface area contributed by atoms with E-state index >= 15 is 0 Å². The molecule has 0 bridgehead atoms. The van der Waals surface area contributed by atoms with E-state index in [0.29, 0.717) is 11.3 Å². The lowest BCUT2D eigenvalue weighted by Gasteiger charge is -2.21. The van der Waals surface area contributed by atoms with E-state index in [0.717, 1.165) is 17.7 Å². The summed E-state index contributed by atoms with van der Waals surface area (Å²) < 4.78 is 32.5. The summed E-state index contributed by atoms with van der Waals surface area (Å²) >= 11 is 0. The van der Waals surface area contributed by atoms with E-state index in [4.69, 9.17) is 4.74 Å². The van der Waals surface area contributed by atoms with Crippen molar-refractivity contribution < 1.29 is 23.1 Å². The molecule has 2 aromatic rings.